The van der Waals surface area contributed by atoms with Gasteiger partial charge in [0.25, 0.3) is 0 Å². The number of rotatable bonds is 25. The zero-order valence-corrected chi connectivity index (χ0v) is 22.8. The van der Waals surface area contributed by atoms with Crippen molar-refractivity contribution < 1.29 is 0 Å². The summed E-state index contributed by atoms with van der Waals surface area (Å²) in [6.45, 7) is 8.46. The van der Waals surface area contributed by atoms with Crippen molar-refractivity contribution in [1.29, 1.82) is 0 Å². The van der Waals surface area contributed by atoms with E-state index in [9.17, 15) is 0 Å². The first-order chi connectivity index (χ1) is 16.4. The fourth-order valence-corrected chi connectivity index (χ4v) is 4.91. The molecule has 0 bridgehead atoms. The topological polar surface area (TPSA) is 3.24 Å². The van der Waals surface area contributed by atoms with Crippen LogP contribution in [0.3, 0.4) is 0 Å². The molecular formula is C32H59N. The average Bonchev–Trinajstić information content (AvgIpc) is 2.85. The summed E-state index contributed by atoms with van der Waals surface area (Å²) in [7, 11) is 0. The highest BCUT2D eigenvalue weighted by Crippen LogP contribution is 2.13. The number of benzene rings is 1. The van der Waals surface area contributed by atoms with Crippen LogP contribution in [0.4, 0.5) is 0 Å². The largest absolute Gasteiger partial charge is 0.303 e. The Morgan fingerprint density at radius 1 is 0.424 bits per heavy atom. The van der Waals surface area contributed by atoms with Crippen molar-refractivity contribution in [3.05, 3.63) is 35.9 Å². The fraction of sp³-hybridized carbons (Fsp3) is 0.812. The van der Waals surface area contributed by atoms with Crippen LogP contribution in [-0.4, -0.2) is 24.5 Å². The van der Waals surface area contributed by atoms with Gasteiger partial charge in [-0.15, -0.1) is 0 Å². The van der Waals surface area contributed by atoms with Gasteiger partial charge in [-0.1, -0.05) is 160 Å². The normalized spacial score (nSPS) is 11.5. The molecule has 1 aromatic rings. The van der Waals surface area contributed by atoms with Gasteiger partial charge in [0.15, 0.2) is 0 Å². The predicted octanol–water partition coefficient (Wildman–Crippen LogP) is 10.4. The lowest BCUT2D eigenvalue weighted by Gasteiger charge is -2.22. The molecule has 0 unspecified atom stereocenters. The van der Waals surface area contributed by atoms with Crippen LogP contribution in [0.5, 0.6) is 0 Å². The van der Waals surface area contributed by atoms with Crippen LogP contribution >= 0.6 is 0 Å². The number of hydrogen-bond donors (Lipinski definition) is 0. The van der Waals surface area contributed by atoms with E-state index in [4.69, 9.17) is 0 Å². The maximum Gasteiger partial charge on any atom is 0.00218 e. The van der Waals surface area contributed by atoms with Crippen molar-refractivity contribution in [1.82, 2.24) is 4.90 Å². The van der Waals surface area contributed by atoms with Crippen LogP contribution in [-0.2, 0) is 6.42 Å². The molecule has 33 heavy (non-hydrogen) atoms. The lowest BCUT2D eigenvalue weighted by atomic mass is 10.1. The Morgan fingerprint density at radius 2 is 0.788 bits per heavy atom. The van der Waals surface area contributed by atoms with Crippen LogP contribution in [0.25, 0.3) is 0 Å². The monoisotopic (exact) mass is 457 g/mol. The van der Waals surface area contributed by atoms with E-state index in [1.807, 2.05) is 0 Å². The van der Waals surface area contributed by atoms with Crippen LogP contribution in [0.1, 0.15) is 148 Å². The second-order valence-corrected chi connectivity index (χ2v) is 10.4. The molecule has 0 N–H and O–H groups in total. The summed E-state index contributed by atoms with van der Waals surface area (Å²) in [5.41, 5.74) is 1.49. The van der Waals surface area contributed by atoms with Crippen molar-refractivity contribution in [3.63, 3.8) is 0 Å². The molecule has 0 spiro atoms. The molecule has 0 saturated heterocycles. The van der Waals surface area contributed by atoms with Crippen molar-refractivity contribution in [2.75, 3.05) is 19.6 Å². The molecule has 0 radical (unpaired) electrons. The van der Waals surface area contributed by atoms with Crippen molar-refractivity contribution in [3.8, 4) is 0 Å². The molecule has 0 aromatic heterocycles. The summed E-state index contributed by atoms with van der Waals surface area (Å²) in [4.78, 5) is 2.77. The van der Waals surface area contributed by atoms with Crippen LogP contribution in [0.2, 0.25) is 0 Å². The van der Waals surface area contributed by atoms with E-state index in [0.29, 0.717) is 0 Å². The van der Waals surface area contributed by atoms with Crippen LogP contribution in [0.15, 0.2) is 30.3 Å². The third-order valence-corrected chi connectivity index (χ3v) is 7.22. The molecule has 0 atom stereocenters. The Labute approximate surface area is 209 Å². The van der Waals surface area contributed by atoms with Gasteiger partial charge in [-0.25, -0.2) is 0 Å². The first kappa shape index (κ1) is 30.2. The molecule has 1 nitrogen and oxygen atoms in total. The molecule has 0 aliphatic rings. The van der Waals surface area contributed by atoms with E-state index in [1.54, 1.807) is 0 Å². The number of nitrogens with zero attached hydrogens (tertiary/aromatic N) is 1. The molecule has 0 heterocycles. The fourth-order valence-electron chi connectivity index (χ4n) is 4.91. The minimum Gasteiger partial charge on any atom is -0.303 e. The quantitative estimate of drug-likeness (QED) is 0.132. The SMILES string of the molecule is CCCCCCCCCCCCN(CCCCCCCCCCCC)CCc1ccccc1. The van der Waals surface area contributed by atoms with Gasteiger partial charge in [0.05, 0.1) is 0 Å². The van der Waals surface area contributed by atoms with Gasteiger partial charge >= 0.3 is 0 Å². The summed E-state index contributed by atoms with van der Waals surface area (Å²) in [5.74, 6) is 0. The molecule has 192 valence electrons. The van der Waals surface area contributed by atoms with Crippen molar-refractivity contribution in [2.24, 2.45) is 0 Å². The Bertz CT molecular complexity index is 459. The molecule has 1 heteroatoms. The maximum absolute atomic E-state index is 2.77. The van der Waals surface area contributed by atoms with Crippen molar-refractivity contribution >= 4 is 0 Å². The van der Waals surface area contributed by atoms with Gasteiger partial charge in [-0.05, 0) is 37.9 Å². The third kappa shape index (κ3) is 20.3. The number of hydrogen-bond acceptors (Lipinski definition) is 1. The standard InChI is InChI=1S/C32H59N/c1-3-5-7-9-11-13-15-17-19-24-29-33(31-28-32-26-22-21-23-27-32)30-25-20-18-16-14-12-10-8-6-4-2/h21-23,26-27H,3-20,24-25,28-31H2,1-2H3. The average molecular weight is 458 g/mol. The summed E-state index contributed by atoms with van der Waals surface area (Å²) in [6, 6.07) is 11.1. The molecule has 0 fully saturated rings. The lowest BCUT2D eigenvalue weighted by Crippen LogP contribution is -2.28. The van der Waals surface area contributed by atoms with Gasteiger partial charge in [0.1, 0.15) is 0 Å². The highest BCUT2D eigenvalue weighted by Gasteiger charge is 2.06. The first-order valence-electron chi connectivity index (χ1n) is 15.1. The highest BCUT2D eigenvalue weighted by atomic mass is 15.1. The summed E-state index contributed by atoms with van der Waals surface area (Å²) >= 11 is 0. The van der Waals surface area contributed by atoms with Crippen molar-refractivity contribution in [2.45, 2.75) is 149 Å². The van der Waals surface area contributed by atoms with E-state index >= 15 is 0 Å². The molecule has 1 aromatic carbocycles. The van der Waals surface area contributed by atoms with Gasteiger partial charge in [-0.2, -0.15) is 0 Å². The predicted molar refractivity (Wildman–Crippen MR) is 150 cm³/mol. The zero-order valence-electron chi connectivity index (χ0n) is 22.8. The molecule has 0 amide bonds. The Hall–Kier alpha value is -0.820. The van der Waals surface area contributed by atoms with Gasteiger partial charge in [-0.3, -0.25) is 0 Å². The smallest absolute Gasteiger partial charge is 0.00218 e. The van der Waals surface area contributed by atoms with Crippen LogP contribution in [0, 0.1) is 0 Å². The minimum absolute atomic E-state index is 1.20. The minimum atomic E-state index is 1.20. The molecule has 0 aliphatic carbocycles. The first-order valence-corrected chi connectivity index (χ1v) is 15.1. The Kier molecular flexibility index (Phi) is 22.3. The summed E-state index contributed by atoms with van der Waals surface area (Å²) < 4.78 is 0. The van der Waals surface area contributed by atoms with Gasteiger partial charge in [0, 0.05) is 6.54 Å². The zero-order chi connectivity index (χ0) is 23.7. The van der Waals surface area contributed by atoms with Gasteiger partial charge in [0.2, 0.25) is 0 Å². The highest BCUT2D eigenvalue weighted by molar-refractivity contribution is 5.14. The Morgan fingerprint density at radius 3 is 1.18 bits per heavy atom. The lowest BCUT2D eigenvalue weighted by molar-refractivity contribution is 0.263. The number of unbranched alkanes of at least 4 members (excludes halogenated alkanes) is 18. The van der Waals surface area contributed by atoms with E-state index < -0.39 is 0 Å². The third-order valence-electron chi connectivity index (χ3n) is 7.22. The van der Waals surface area contributed by atoms with E-state index in [0.717, 1.165) is 0 Å². The van der Waals surface area contributed by atoms with E-state index in [2.05, 4.69) is 49.1 Å². The van der Waals surface area contributed by atoms with E-state index in [1.165, 1.54) is 160 Å². The molecule has 1 rings (SSSR count). The summed E-state index contributed by atoms with van der Waals surface area (Å²) in [6.07, 6.45) is 29.9. The van der Waals surface area contributed by atoms with Crippen LogP contribution < -0.4 is 0 Å². The maximum atomic E-state index is 2.77. The second kappa shape index (κ2) is 24.3. The Balaban J connectivity index is 2.12. The molecule has 0 aliphatic heterocycles. The molecular weight excluding hydrogens is 398 g/mol. The summed E-state index contributed by atoms with van der Waals surface area (Å²) in [5, 5.41) is 0. The second-order valence-electron chi connectivity index (χ2n) is 10.4. The van der Waals surface area contributed by atoms with E-state index in [-0.39, 0.29) is 0 Å². The van der Waals surface area contributed by atoms with Gasteiger partial charge < -0.3 is 4.90 Å². The molecule has 0 saturated carbocycles.